The first-order valence-corrected chi connectivity index (χ1v) is 5.16. The molecule has 0 aliphatic rings. The van der Waals surface area contributed by atoms with E-state index in [1.807, 2.05) is 19.1 Å². The van der Waals surface area contributed by atoms with Crippen molar-refractivity contribution in [3.63, 3.8) is 0 Å². The monoisotopic (exact) mass is 204 g/mol. The zero-order valence-electron chi connectivity index (χ0n) is 8.94. The molecule has 0 saturated heterocycles. The zero-order chi connectivity index (χ0) is 11.1. The van der Waals surface area contributed by atoms with Gasteiger partial charge in [-0.1, -0.05) is 36.4 Å². The molecule has 0 heterocycles. The number of benzene rings is 1. The maximum Gasteiger partial charge on any atom is 0.303 e. The highest BCUT2D eigenvalue weighted by atomic mass is 16.4. The quantitative estimate of drug-likeness (QED) is 0.800. The Morgan fingerprint density at radius 1 is 1.33 bits per heavy atom. The molecule has 0 radical (unpaired) electrons. The molecule has 2 nitrogen and oxygen atoms in total. The molecular formula is C13H16O2. The molecule has 2 heteroatoms. The second-order valence-electron chi connectivity index (χ2n) is 3.49. The summed E-state index contributed by atoms with van der Waals surface area (Å²) in [4.78, 5) is 10.3. The number of carboxylic acid groups (broad SMARTS) is 1. The lowest BCUT2D eigenvalue weighted by molar-refractivity contribution is -0.137. The summed E-state index contributed by atoms with van der Waals surface area (Å²) in [7, 11) is 0. The third-order valence-corrected chi connectivity index (χ3v) is 2.19. The van der Waals surface area contributed by atoms with Gasteiger partial charge < -0.3 is 5.11 Å². The minimum Gasteiger partial charge on any atom is -0.481 e. The van der Waals surface area contributed by atoms with E-state index in [1.165, 1.54) is 11.1 Å². The zero-order valence-corrected chi connectivity index (χ0v) is 8.94. The third-order valence-electron chi connectivity index (χ3n) is 2.19. The molecule has 80 valence electrons. The molecule has 0 saturated carbocycles. The minimum absolute atomic E-state index is 0.247. The lowest BCUT2D eigenvalue weighted by Gasteiger charge is -2.00. The number of aryl methyl sites for hydroxylation is 1. The van der Waals surface area contributed by atoms with E-state index in [1.54, 1.807) is 0 Å². The molecule has 0 spiro atoms. The van der Waals surface area contributed by atoms with Gasteiger partial charge in [0.25, 0.3) is 0 Å². The molecule has 0 aliphatic heterocycles. The van der Waals surface area contributed by atoms with Crippen LogP contribution in [-0.2, 0) is 11.2 Å². The molecule has 0 fully saturated rings. The molecule has 15 heavy (non-hydrogen) atoms. The Labute approximate surface area is 90.3 Å². The fourth-order valence-corrected chi connectivity index (χ4v) is 1.43. The minimum atomic E-state index is -0.722. The number of rotatable bonds is 5. The van der Waals surface area contributed by atoms with Gasteiger partial charge in [-0.05, 0) is 30.9 Å². The summed E-state index contributed by atoms with van der Waals surface area (Å²) in [5, 5.41) is 8.50. The van der Waals surface area contributed by atoms with Gasteiger partial charge in [0.05, 0.1) is 0 Å². The number of aliphatic carboxylic acids is 1. The number of hydrogen-bond acceptors (Lipinski definition) is 1. The highest BCUT2D eigenvalue weighted by molar-refractivity contribution is 5.66. The van der Waals surface area contributed by atoms with Crippen molar-refractivity contribution in [3.05, 3.63) is 41.5 Å². The van der Waals surface area contributed by atoms with E-state index in [0.717, 1.165) is 6.42 Å². The lowest BCUT2D eigenvalue weighted by atomic mass is 10.1. The van der Waals surface area contributed by atoms with E-state index < -0.39 is 5.97 Å². The Morgan fingerprint density at radius 3 is 2.53 bits per heavy atom. The lowest BCUT2D eigenvalue weighted by Crippen LogP contribution is -1.95. The largest absolute Gasteiger partial charge is 0.481 e. The van der Waals surface area contributed by atoms with Crippen LogP contribution in [-0.4, -0.2) is 11.1 Å². The summed E-state index contributed by atoms with van der Waals surface area (Å²) >= 11 is 0. The van der Waals surface area contributed by atoms with Crippen LogP contribution in [0.5, 0.6) is 0 Å². The van der Waals surface area contributed by atoms with Gasteiger partial charge in [-0.25, -0.2) is 0 Å². The van der Waals surface area contributed by atoms with Gasteiger partial charge >= 0.3 is 5.97 Å². The molecular weight excluding hydrogens is 188 g/mol. The van der Waals surface area contributed by atoms with Gasteiger partial charge in [0.2, 0.25) is 0 Å². The molecule has 0 aromatic heterocycles. The number of carbonyl (C=O) groups is 1. The predicted octanol–water partition coefficient (Wildman–Crippen LogP) is 3.13. The number of carboxylic acids is 1. The molecule has 1 rings (SSSR count). The van der Waals surface area contributed by atoms with Crippen molar-refractivity contribution in [2.75, 3.05) is 0 Å². The molecule has 0 aliphatic carbocycles. The summed E-state index contributed by atoms with van der Waals surface area (Å²) in [5.41, 5.74) is 2.38. The van der Waals surface area contributed by atoms with Gasteiger partial charge in [0.1, 0.15) is 0 Å². The van der Waals surface area contributed by atoms with Gasteiger partial charge in [-0.2, -0.15) is 0 Å². The maximum absolute atomic E-state index is 10.3. The number of hydrogen-bond donors (Lipinski definition) is 1. The second-order valence-corrected chi connectivity index (χ2v) is 3.49. The van der Waals surface area contributed by atoms with Gasteiger partial charge in [-0.15, -0.1) is 0 Å². The summed E-state index contributed by atoms with van der Waals surface area (Å²) in [5.74, 6) is -0.722. The first kappa shape index (κ1) is 11.5. The average molecular weight is 204 g/mol. The molecule has 0 bridgehead atoms. The standard InChI is InChI=1S/C13H16O2/c1-2-4-11-7-9-12(10-8-11)5-3-6-13(14)15/h2,4,7-10H,3,5-6H2,1H3,(H,14,15). The van der Waals surface area contributed by atoms with Crippen LogP contribution in [0.4, 0.5) is 0 Å². The normalized spacial score (nSPS) is 10.7. The van der Waals surface area contributed by atoms with Crippen molar-refractivity contribution >= 4 is 12.0 Å². The summed E-state index contributed by atoms with van der Waals surface area (Å²) in [6, 6.07) is 8.21. The summed E-state index contributed by atoms with van der Waals surface area (Å²) < 4.78 is 0. The van der Waals surface area contributed by atoms with Crippen LogP contribution in [0.2, 0.25) is 0 Å². The predicted molar refractivity (Wildman–Crippen MR) is 61.7 cm³/mol. The van der Waals surface area contributed by atoms with E-state index in [-0.39, 0.29) is 6.42 Å². The number of allylic oxidation sites excluding steroid dienone is 1. The van der Waals surface area contributed by atoms with Gasteiger partial charge in [0, 0.05) is 6.42 Å². The van der Waals surface area contributed by atoms with E-state index in [4.69, 9.17) is 5.11 Å². The van der Waals surface area contributed by atoms with E-state index in [2.05, 4.69) is 24.3 Å². The first-order valence-electron chi connectivity index (χ1n) is 5.16. The highest BCUT2D eigenvalue weighted by Gasteiger charge is 1.97. The van der Waals surface area contributed by atoms with Crippen molar-refractivity contribution in [3.8, 4) is 0 Å². The molecule has 1 N–H and O–H groups in total. The Hall–Kier alpha value is -1.57. The van der Waals surface area contributed by atoms with Crippen LogP contribution in [0.25, 0.3) is 6.08 Å². The topological polar surface area (TPSA) is 37.3 Å². The molecule has 0 unspecified atom stereocenters. The second kappa shape index (κ2) is 6.02. The maximum atomic E-state index is 10.3. The summed E-state index contributed by atoms with van der Waals surface area (Å²) in [6.07, 6.45) is 5.83. The van der Waals surface area contributed by atoms with Crippen molar-refractivity contribution in [2.45, 2.75) is 26.2 Å². The van der Waals surface area contributed by atoms with Crippen molar-refractivity contribution in [2.24, 2.45) is 0 Å². The van der Waals surface area contributed by atoms with Crippen LogP contribution >= 0.6 is 0 Å². The SMILES string of the molecule is CC=Cc1ccc(CCCC(=O)O)cc1. The van der Waals surface area contributed by atoms with Crippen molar-refractivity contribution in [1.29, 1.82) is 0 Å². The van der Waals surface area contributed by atoms with E-state index in [9.17, 15) is 4.79 Å². The van der Waals surface area contributed by atoms with Crippen LogP contribution < -0.4 is 0 Å². The van der Waals surface area contributed by atoms with Crippen LogP contribution in [0.3, 0.4) is 0 Å². The molecule has 0 atom stereocenters. The Balaban J connectivity index is 2.46. The first-order chi connectivity index (χ1) is 7.22. The van der Waals surface area contributed by atoms with Crippen LogP contribution in [0.15, 0.2) is 30.3 Å². The smallest absolute Gasteiger partial charge is 0.303 e. The molecule has 0 amide bonds. The van der Waals surface area contributed by atoms with Crippen LogP contribution in [0.1, 0.15) is 30.9 Å². The average Bonchev–Trinajstić information content (AvgIpc) is 2.20. The Morgan fingerprint density at radius 2 is 2.00 bits per heavy atom. The van der Waals surface area contributed by atoms with Gasteiger partial charge in [0.15, 0.2) is 0 Å². The Kier molecular flexibility index (Phi) is 4.61. The molecule has 1 aromatic carbocycles. The van der Waals surface area contributed by atoms with E-state index >= 15 is 0 Å². The van der Waals surface area contributed by atoms with Crippen LogP contribution in [0, 0.1) is 0 Å². The fraction of sp³-hybridized carbons (Fsp3) is 0.308. The van der Waals surface area contributed by atoms with Crippen molar-refractivity contribution in [1.82, 2.24) is 0 Å². The highest BCUT2D eigenvalue weighted by Crippen LogP contribution is 2.09. The van der Waals surface area contributed by atoms with Crippen molar-refractivity contribution < 1.29 is 9.90 Å². The fourth-order valence-electron chi connectivity index (χ4n) is 1.43. The molecule has 1 aromatic rings. The Bertz CT molecular complexity index is 336. The third kappa shape index (κ3) is 4.45. The van der Waals surface area contributed by atoms with Gasteiger partial charge in [-0.3, -0.25) is 4.79 Å². The summed E-state index contributed by atoms with van der Waals surface area (Å²) in [6.45, 7) is 1.99. The van der Waals surface area contributed by atoms with E-state index in [0.29, 0.717) is 6.42 Å².